The molecular weight excluding hydrogens is 298 g/mol. The van der Waals surface area contributed by atoms with Gasteiger partial charge in [-0.05, 0) is 42.0 Å². The second-order valence-corrected chi connectivity index (χ2v) is 6.68. The Morgan fingerprint density at radius 1 is 0.833 bits per heavy atom. The van der Waals surface area contributed by atoms with E-state index in [1.165, 1.54) is 0 Å². The molecule has 2 aromatic carbocycles. The number of hydrogen-bond acceptors (Lipinski definition) is 2. The summed E-state index contributed by atoms with van der Waals surface area (Å²) >= 11 is 0. The number of ether oxygens (including phenoxy) is 1. The molecule has 0 heterocycles. The SMILES string of the molecule is CC(C)c1cccc(C(C)C)c1NC(=O)[C@@H](C)Oc1ccccc1. The summed E-state index contributed by atoms with van der Waals surface area (Å²) in [5.74, 6) is 1.24. The monoisotopic (exact) mass is 325 g/mol. The van der Waals surface area contributed by atoms with Crippen LogP contribution in [0.4, 0.5) is 5.69 Å². The highest BCUT2D eigenvalue weighted by Crippen LogP contribution is 2.32. The highest BCUT2D eigenvalue weighted by molar-refractivity contribution is 5.95. The molecule has 1 amide bonds. The van der Waals surface area contributed by atoms with Gasteiger partial charge in [-0.3, -0.25) is 4.79 Å². The summed E-state index contributed by atoms with van der Waals surface area (Å²) in [5, 5.41) is 3.10. The van der Waals surface area contributed by atoms with E-state index in [2.05, 4.69) is 51.2 Å². The van der Waals surface area contributed by atoms with Crippen molar-refractivity contribution in [3.05, 3.63) is 59.7 Å². The standard InChI is InChI=1S/C21H27NO2/c1-14(2)18-12-9-13-19(15(3)4)20(18)22-21(23)16(5)24-17-10-7-6-8-11-17/h6-16H,1-5H3,(H,22,23)/t16-/m1/s1. The molecule has 0 bridgehead atoms. The summed E-state index contributed by atoms with van der Waals surface area (Å²) in [6.07, 6.45) is -0.562. The Morgan fingerprint density at radius 2 is 1.38 bits per heavy atom. The predicted octanol–water partition coefficient (Wildman–Crippen LogP) is 5.34. The fourth-order valence-corrected chi connectivity index (χ4v) is 2.68. The van der Waals surface area contributed by atoms with E-state index in [1.54, 1.807) is 6.92 Å². The summed E-state index contributed by atoms with van der Waals surface area (Å²) in [7, 11) is 0. The van der Waals surface area contributed by atoms with Gasteiger partial charge >= 0.3 is 0 Å². The zero-order valence-electron chi connectivity index (χ0n) is 15.2. The van der Waals surface area contributed by atoms with Crippen molar-refractivity contribution in [2.75, 3.05) is 5.32 Å². The minimum Gasteiger partial charge on any atom is -0.481 e. The van der Waals surface area contributed by atoms with E-state index >= 15 is 0 Å². The number of para-hydroxylation sites is 2. The predicted molar refractivity (Wildman–Crippen MR) is 99.8 cm³/mol. The van der Waals surface area contributed by atoms with Gasteiger partial charge in [-0.25, -0.2) is 0 Å². The average Bonchev–Trinajstić information content (AvgIpc) is 2.55. The van der Waals surface area contributed by atoms with Crippen molar-refractivity contribution in [1.82, 2.24) is 0 Å². The summed E-state index contributed by atoms with van der Waals surface area (Å²) in [6.45, 7) is 10.3. The molecule has 0 spiro atoms. The molecule has 0 saturated heterocycles. The average molecular weight is 325 g/mol. The van der Waals surface area contributed by atoms with Crippen LogP contribution in [-0.2, 0) is 4.79 Å². The van der Waals surface area contributed by atoms with E-state index < -0.39 is 6.10 Å². The highest BCUT2D eigenvalue weighted by atomic mass is 16.5. The zero-order valence-corrected chi connectivity index (χ0v) is 15.2. The number of rotatable bonds is 6. The Morgan fingerprint density at radius 3 is 1.88 bits per heavy atom. The van der Waals surface area contributed by atoms with Crippen molar-refractivity contribution < 1.29 is 9.53 Å². The van der Waals surface area contributed by atoms with E-state index in [0.29, 0.717) is 17.6 Å². The molecule has 2 rings (SSSR count). The lowest BCUT2D eigenvalue weighted by atomic mass is 9.92. The molecule has 128 valence electrons. The van der Waals surface area contributed by atoms with Crippen LogP contribution < -0.4 is 10.1 Å². The van der Waals surface area contributed by atoms with Gasteiger partial charge in [0.2, 0.25) is 0 Å². The van der Waals surface area contributed by atoms with Crippen molar-refractivity contribution in [1.29, 1.82) is 0 Å². The Kier molecular flexibility index (Phi) is 6.02. The molecule has 0 aliphatic carbocycles. The molecular formula is C21H27NO2. The van der Waals surface area contributed by atoms with Crippen molar-refractivity contribution in [2.45, 2.75) is 52.6 Å². The van der Waals surface area contributed by atoms with Crippen LogP contribution in [0, 0.1) is 0 Å². The van der Waals surface area contributed by atoms with Gasteiger partial charge in [0, 0.05) is 5.69 Å². The number of anilines is 1. The molecule has 1 atom stereocenters. The third-order valence-electron chi connectivity index (χ3n) is 4.05. The van der Waals surface area contributed by atoms with Gasteiger partial charge in [0.25, 0.3) is 5.91 Å². The van der Waals surface area contributed by atoms with Crippen LogP contribution in [0.2, 0.25) is 0 Å². The van der Waals surface area contributed by atoms with Gasteiger partial charge in [-0.1, -0.05) is 64.1 Å². The van der Waals surface area contributed by atoms with Crippen LogP contribution in [0.3, 0.4) is 0 Å². The number of amides is 1. The van der Waals surface area contributed by atoms with Crippen LogP contribution in [-0.4, -0.2) is 12.0 Å². The molecule has 0 saturated carbocycles. The lowest BCUT2D eigenvalue weighted by Gasteiger charge is -2.22. The maximum Gasteiger partial charge on any atom is 0.265 e. The smallest absolute Gasteiger partial charge is 0.265 e. The van der Waals surface area contributed by atoms with Gasteiger partial charge in [-0.2, -0.15) is 0 Å². The lowest BCUT2D eigenvalue weighted by molar-refractivity contribution is -0.122. The summed E-state index contributed by atoms with van der Waals surface area (Å²) in [6, 6.07) is 15.6. The molecule has 0 aliphatic rings. The largest absolute Gasteiger partial charge is 0.481 e. The Hall–Kier alpha value is -2.29. The first-order valence-electron chi connectivity index (χ1n) is 8.55. The first-order chi connectivity index (χ1) is 11.4. The van der Waals surface area contributed by atoms with Crippen molar-refractivity contribution >= 4 is 11.6 Å². The number of carbonyl (C=O) groups excluding carboxylic acids is 1. The molecule has 0 radical (unpaired) electrons. The first-order valence-corrected chi connectivity index (χ1v) is 8.55. The summed E-state index contributed by atoms with van der Waals surface area (Å²) in [5.41, 5.74) is 3.24. The van der Waals surface area contributed by atoms with E-state index in [9.17, 15) is 4.79 Å². The summed E-state index contributed by atoms with van der Waals surface area (Å²) in [4.78, 5) is 12.6. The maximum atomic E-state index is 12.6. The van der Waals surface area contributed by atoms with Crippen LogP contribution in [0.5, 0.6) is 5.75 Å². The van der Waals surface area contributed by atoms with Crippen LogP contribution >= 0.6 is 0 Å². The fourth-order valence-electron chi connectivity index (χ4n) is 2.68. The van der Waals surface area contributed by atoms with Crippen LogP contribution in [0.15, 0.2) is 48.5 Å². The Labute approximate surface area is 145 Å². The second-order valence-electron chi connectivity index (χ2n) is 6.68. The molecule has 3 nitrogen and oxygen atoms in total. The van der Waals surface area contributed by atoms with E-state index in [-0.39, 0.29) is 5.91 Å². The number of nitrogens with one attached hydrogen (secondary N) is 1. The maximum absolute atomic E-state index is 12.6. The number of benzene rings is 2. The second kappa shape index (κ2) is 8.00. The molecule has 0 unspecified atom stereocenters. The number of carbonyl (C=O) groups is 1. The first kappa shape index (κ1) is 18.1. The topological polar surface area (TPSA) is 38.3 Å². The van der Waals surface area contributed by atoms with E-state index in [0.717, 1.165) is 16.8 Å². The van der Waals surface area contributed by atoms with Gasteiger partial charge in [0.15, 0.2) is 6.10 Å². The minimum absolute atomic E-state index is 0.131. The Balaban J connectivity index is 2.21. The Bertz CT molecular complexity index is 651. The molecule has 1 N–H and O–H groups in total. The van der Waals surface area contributed by atoms with Crippen molar-refractivity contribution in [3.63, 3.8) is 0 Å². The lowest BCUT2D eigenvalue weighted by Crippen LogP contribution is -2.31. The normalized spacial score (nSPS) is 12.3. The third-order valence-corrected chi connectivity index (χ3v) is 4.05. The molecule has 0 aliphatic heterocycles. The molecule has 3 heteroatoms. The summed E-state index contributed by atoms with van der Waals surface area (Å²) < 4.78 is 5.74. The number of hydrogen-bond donors (Lipinski definition) is 1. The quantitative estimate of drug-likeness (QED) is 0.778. The molecule has 0 aromatic heterocycles. The molecule has 0 fully saturated rings. The zero-order chi connectivity index (χ0) is 17.7. The third kappa shape index (κ3) is 4.38. The van der Waals surface area contributed by atoms with Gasteiger partial charge < -0.3 is 10.1 Å². The van der Waals surface area contributed by atoms with Gasteiger partial charge in [-0.15, -0.1) is 0 Å². The minimum atomic E-state index is -0.562. The van der Waals surface area contributed by atoms with Crippen molar-refractivity contribution in [2.24, 2.45) is 0 Å². The van der Waals surface area contributed by atoms with Gasteiger partial charge in [0.1, 0.15) is 5.75 Å². The van der Waals surface area contributed by atoms with E-state index in [1.807, 2.05) is 30.3 Å². The molecule has 2 aromatic rings. The fraction of sp³-hybridized carbons (Fsp3) is 0.381. The highest BCUT2D eigenvalue weighted by Gasteiger charge is 2.20. The van der Waals surface area contributed by atoms with Gasteiger partial charge in [0.05, 0.1) is 0 Å². The van der Waals surface area contributed by atoms with E-state index in [4.69, 9.17) is 4.74 Å². The van der Waals surface area contributed by atoms with Crippen LogP contribution in [0.25, 0.3) is 0 Å². The molecule has 24 heavy (non-hydrogen) atoms. The van der Waals surface area contributed by atoms with Crippen molar-refractivity contribution in [3.8, 4) is 5.75 Å². The van der Waals surface area contributed by atoms with Crippen LogP contribution in [0.1, 0.15) is 57.6 Å².